The van der Waals surface area contributed by atoms with Gasteiger partial charge < -0.3 is 5.11 Å². The average Bonchev–Trinajstić information content (AvgIpc) is 3.14. The van der Waals surface area contributed by atoms with E-state index in [4.69, 9.17) is 0 Å². The summed E-state index contributed by atoms with van der Waals surface area (Å²) in [6.45, 7) is 0. The molecule has 0 atom stereocenters. The molecule has 0 unspecified atom stereocenters. The van der Waals surface area contributed by atoms with Crippen molar-refractivity contribution in [3.63, 3.8) is 0 Å². The van der Waals surface area contributed by atoms with Gasteiger partial charge in [-0.05, 0) is 53.6 Å². The van der Waals surface area contributed by atoms with Crippen LogP contribution in [0.4, 0.5) is 5.13 Å². The molecule has 1 aliphatic carbocycles. The van der Waals surface area contributed by atoms with E-state index in [-0.39, 0.29) is 11.7 Å². The number of nitrogens with one attached hydrogen (secondary N) is 1. The first-order chi connectivity index (χ1) is 9.13. The number of amides is 1. The molecular weight excluding hydrogens is 375 g/mol. The molecule has 98 valence electrons. The van der Waals surface area contributed by atoms with E-state index >= 15 is 0 Å². The Morgan fingerprint density at radius 1 is 1.47 bits per heavy atom. The average molecular weight is 386 g/mol. The molecule has 0 bridgehead atoms. The molecule has 4 nitrogen and oxygen atoms in total. The topological polar surface area (TPSA) is 62.2 Å². The number of hydrogen-bond acceptors (Lipinski definition) is 4. The van der Waals surface area contributed by atoms with Gasteiger partial charge in [0, 0.05) is 16.9 Å². The first kappa shape index (κ1) is 12.9. The summed E-state index contributed by atoms with van der Waals surface area (Å²) in [4.78, 5) is 16.4. The van der Waals surface area contributed by atoms with Crippen molar-refractivity contribution in [1.82, 2.24) is 4.98 Å². The summed E-state index contributed by atoms with van der Waals surface area (Å²) < 4.78 is 0.722. The summed E-state index contributed by atoms with van der Waals surface area (Å²) >= 11 is 3.45. The molecule has 2 N–H and O–H groups in total. The van der Waals surface area contributed by atoms with Gasteiger partial charge in [0.25, 0.3) is 5.91 Å². The molecular formula is C13H11IN2O2S. The second kappa shape index (κ2) is 5.09. The predicted octanol–water partition coefficient (Wildman–Crippen LogP) is 3.58. The number of halogens is 1. The van der Waals surface area contributed by atoms with E-state index in [1.165, 1.54) is 30.2 Å². The van der Waals surface area contributed by atoms with E-state index in [1.54, 1.807) is 12.1 Å². The summed E-state index contributed by atoms with van der Waals surface area (Å²) in [7, 11) is 0. The first-order valence-electron chi connectivity index (χ1n) is 5.89. The van der Waals surface area contributed by atoms with Crippen LogP contribution < -0.4 is 5.32 Å². The van der Waals surface area contributed by atoms with Gasteiger partial charge in [-0.2, -0.15) is 0 Å². The molecule has 1 aromatic carbocycles. The largest absolute Gasteiger partial charge is 0.507 e. The van der Waals surface area contributed by atoms with Crippen molar-refractivity contribution in [2.45, 2.75) is 18.8 Å². The van der Waals surface area contributed by atoms with E-state index in [0.29, 0.717) is 16.6 Å². The Hall–Kier alpha value is -1.15. The van der Waals surface area contributed by atoms with Gasteiger partial charge in [0.05, 0.1) is 9.26 Å². The maximum absolute atomic E-state index is 12.0. The lowest BCUT2D eigenvalue weighted by molar-refractivity contribution is 0.102. The number of phenolic OH excluding ortho intramolecular Hbond substituents is 1. The van der Waals surface area contributed by atoms with Crippen LogP contribution in [0.2, 0.25) is 0 Å². The lowest BCUT2D eigenvalue weighted by Gasteiger charge is -2.03. The van der Waals surface area contributed by atoms with Crippen LogP contribution in [-0.2, 0) is 0 Å². The molecule has 1 aliphatic rings. The van der Waals surface area contributed by atoms with Crippen LogP contribution in [-0.4, -0.2) is 16.0 Å². The number of aromatic nitrogens is 1. The molecule has 0 saturated heterocycles. The zero-order valence-corrected chi connectivity index (χ0v) is 12.9. The molecule has 19 heavy (non-hydrogen) atoms. The third kappa shape index (κ3) is 2.89. The third-order valence-corrected chi connectivity index (χ3v) is 4.63. The molecule has 1 amide bonds. The number of carbonyl (C=O) groups is 1. The molecule has 0 aliphatic heterocycles. The van der Waals surface area contributed by atoms with Crippen molar-refractivity contribution in [3.8, 4) is 5.75 Å². The molecule has 3 rings (SSSR count). The molecule has 1 heterocycles. The molecule has 0 radical (unpaired) electrons. The fourth-order valence-corrected chi connectivity index (χ4v) is 2.86. The summed E-state index contributed by atoms with van der Waals surface area (Å²) in [5, 5.41) is 15.0. The van der Waals surface area contributed by atoms with Crippen LogP contribution in [0.5, 0.6) is 5.75 Å². The Kier molecular flexibility index (Phi) is 3.44. The fraction of sp³-hybridized carbons (Fsp3) is 0.231. The molecule has 0 spiro atoms. The van der Waals surface area contributed by atoms with E-state index in [9.17, 15) is 9.90 Å². The smallest absolute Gasteiger partial charge is 0.257 e. The van der Waals surface area contributed by atoms with E-state index in [1.807, 2.05) is 28.0 Å². The second-order valence-corrected chi connectivity index (χ2v) is 6.49. The van der Waals surface area contributed by atoms with Gasteiger partial charge in [-0.25, -0.2) is 4.98 Å². The highest BCUT2D eigenvalue weighted by Gasteiger charge is 2.26. The predicted molar refractivity (Wildman–Crippen MR) is 82.9 cm³/mol. The van der Waals surface area contributed by atoms with Gasteiger partial charge in [0.2, 0.25) is 0 Å². The van der Waals surface area contributed by atoms with Gasteiger partial charge in [0.1, 0.15) is 5.75 Å². The van der Waals surface area contributed by atoms with Crippen molar-refractivity contribution >= 4 is 45.0 Å². The van der Waals surface area contributed by atoms with Crippen LogP contribution in [0.3, 0.4) is 0 Å². The van der Waals surface area contributed by atoms with E-state index in [2.05, 4.69) is 10.3 Å². The highest BCUT2D eigenvalue weighted by atomic mass is 127. The number of benzene rings is 1. The monoisotopic (exact) mass is 386 g/mol. The number of carbonyl (C=O) groups excluding carboxylic acids is 1. The molecule has 1 fully saturated rings. The highest BCUT2D eigenvalue weighted by Crippen LogP contribution is 2.40. The van der Waals surface area contributed by atoms with Crippen molar-refractivity contribution in [2.24, 2.45) is 0 Å². The van der Waals surface area contributed by atoms with Crippen molar-refractivity contribution in [2.75, 3.05) is 5.32 Å². The SMILES string of the molecule is O=C(Nc1nc(C2CC2)cs1)c1ccc(I)c(O)c1. The van der Waals surface area contributed by atoms with Gasteiger partial charge in [-0.3, -0.25) is 10.1 Å². The normalized spacial score (nSPS) is 14.4. The summed E-state index contributed by atoms with van der Waals surface area (Å²) in [6.07, 6.45) is 2.39. The minimum atomic E-state index is -0.247. The maximum atomic E-state index is 12.0. The Balaban J connectivity index is 1.74. The zero-order chi connectivity index (χ0) is 13.4. The number of hydrogen-bond donors (Lipinski definition) is 2. The number of thiazole rings is 1. The number of aromatic hydroxyl groups is 1. The number of anilines is 1. The van der Waals surface area contributed by atoms with Gasteiger partial charge in [-0.15, -0.1) is 11.3 Å². The van der Waals surface area contributed by atoms with Crippen molar-refractivity contribution < 1.29 is 9.90 Å². The van der Waals surface area contributed by atoms with Gasteiger partial charge in [0.15, 0.2) is 5.13 Å². The summed E-state index contributed by atoms with van der Waals surface area (Å²) in [5.74, 6) is 0.457. The summed E-state index contributed by atoms with van der Waals surface area (Å²) in [6, 6.07) is 4.86. The van der Waals surface area contributed by atoms with Crippen LogP contribution in [0.15, 0.2) is 23.6 Å². The van der Waals surface area contributed by atoms with E-state index in [0.717, 1.165) is 9.26 Å². The lowest BCUT2D eigenvalue weighted by Crippen LogP contribution is -2.11. The Morgan fingerprint density at radius 2 is 2.26 bits per heavy atom. The Labute approximate surface area is 128 Å². The minimum Gasteiger partial charge on any atom is -0.507 e. The van der Waals surface area contributed by atoms with Crippen molar-refractivity contribution in [3.05, 3.63) is 38.4 Å². The lowest BCUT2D eigenvalue weighted by atomic mass is 10.2. The zero-order valence-electron chi connectivity index (χ0n) is 9.89. The van der Waals surface area contributed by atoms with Crippen LogP contribution in [0, 0.1) is 3.57 Å². The van der Waals surface area contributed by atoms with Crippen molar-refractivity contribution in [1.29, 1.82) is 0 Å². The number of phenols is 1. The van der Waals surface area contributed by atoms with E-state index < -0.39 is 0 Å². The number of rotatable bonds is 3. The highest BCUT2D eigenvalue weighted by molar-refractivity contribution is 14.1. The maximum Gasteiger partial charge on any atom is 0.257 e. The third-order valence-electron chi connectivity index (χ3n) is 2.95. The Morgan fingerprint density at radius 3 is 2.95 bits per heavy atom. The molecule has 1 saturated carbocycles. The second-order valence-electron chi connectivity index (χ2n) is 4.47. The number of nitrogens with zero attached hydrogens (tertiary/aromatic N) is 1. The summed E-state index contributed by atoms with van der Waals surface area (Å²) in [5.41, 5.74) is 1.51. The quantitative estimate of drug-likeness (QED) is 0.793. The Bertz CT molecular complexity index is 637. The van der Waals surface area contributed by atoms with Gasteiger partial charge in [-0.1, -0.05) is 0 Å². The fourth-order valence-electron chi connectivity index (χ4n) is 1.73. The van der Waals surface area contributed by atoms with Crippen LogP contribution in [0.1, 0.15) is 34.8 Å². The van der Waals surface area contributed by atoms with Crippen LogP contribution >= 0.6 is 33.9 Å². The minimum absolute atomic E-state index is 0.117. The van der Waals surface area contributed by atoms with Gasteiger partial charge >= 0.3 is 0 Å². The molecule has 1 aromatic heterocycles. The molecule has 2 aromatic rings. The van der Waals surface area contributed by atoms with Crippen LogP contribution in [0.25, 0.3) is 0 Å². The standard InChI is InChI=1S/C13H11IN2O2S/c14-9-4-3-8(5-11(9)17)12(18)16-13-15-10(6-19-13)7-1-2-7/h3-7,17H,1-2H2,(H,15,16,18). The first-order valence-corrected chi connectivity index (χ1v) is 7.84. The molecule has 6 heteroatoms.